The summed E-state index contributed by atoms with van der Waals surface area (Å²) in [6.07, 6.45) is 6.15. The molecule has 0 saturated heterocycles. The molecule has 0 unspecified atom stereocenters. The minimum absolute atomic E-state index is 0.0182. The number of aryl methyl sites for hydroxylation is 2. The Bertz CT molecular complexity index is 885. The van der Waals surface area contributed by atoms with Crippen LogP contribution in [0, 0.1) is 13.8 Å². The minimum Gasteiger partial charge on any atom is -0.478 e. The molecule has 1 heterocycles. The molecule has 3 rings (SSSR count). The van der Waals surface area contributed by atoms with E-state index in [2.05, 4.69) is 11.1 Å². The molecule has 0 amide bonds. The number of nitrogens with zero attached hydrogens (tertiary/aromatic N) is 1. The molecule has 1 saturated carbocycles. The number of benzene rings is 1. The van der Waals surface area contributed by atoms with Gasteiger partial charge in [-0.05, 0) is 58.1 Å². The van der Waals surface area contributed by atoms with E-state index in [1.165, 1.54) is 0 Å². The van der Waals surface area contributed by atoms with Gasteiger partial charge in [-0.3, -0.25) is 0 Å². The second kappa shape index (κ2) is 10.5. The van der Waals surface area contributed by atoms with Crippen molar-refractivity contribution in [3.63, 3.8) is 0 Å². The average molecular weight is 414 g/mol. The Morgan fingerprint density at radius 1 is 1.27 bits per heavy atom. The molecule has 1 aliphatic rings. The van der Waals surface area contributed by atoms with Crippen molar-refractivity contribution in [3.05, 3.63) is 52.9 Å². The van der Waals surface area contributed by atoms with Crippen molar-refractivity contribution in [2.75, 3.05) is 6.61 Å². The lowest BCUT2D eigenvalue weighted by atomic mass is 9.95. The maximum absolute atomic E-state index is 11.3. The Kier molecular flexibility index (Phi) is 7.82. The third-order valence-electron chi connectivity index (χ3n) is 5.39. The van der Waals surface area contributed by atoms with Crippen molar-refractivity contribution in [2.24, 2.45) is 0 Å². The number of carbonyl (C=O) groups is 1. The number of allylic oxidation sites excluding steroid dienone is 1. The number of hydrogen-bond acceptors (Lipinski definition) is 5. The number of carboxylic acids is 1. The highest BCUT2D eigenvalue weighted by Gasteiger charge is 2.25. The van der Waals surface area contributed by atoms with Gasteiger partial charge < -0.3 is 19.0 Å². The van der Waals surface area contributed by atoms with Crippen LogP contribution in [0.2, 0.25) is 0 Å². The lowest BCUT2D eigenvalue weighted by Gasteiger charge is -2.29. The molecule has 0 aliphatic heterocycles. The molecular weight excluding hydrogens is 382 g/mol. The van der Waals surface area contributed by atoms with Crippen molar-refractivity contribution < 1.29 is 23.8 Å². The highest BCUT2D eigenvalue weighted by atomic mass is 16.5. The molecule has 2 atom stereocenters. The molecule has 0 bridgehead atoms. The summed E-state index contributed by atoms with van der Waals surface area (Å²) in [5, 5.41) is 9.23. The van der Waals surface area contributed by atoms with E-state index in [9.17, 15) is 9.90 Å². The van der Waals surface area contributed by atoms with Gasteiger partial charge in [-0.25, -0.2) is 9.78 Å². The van der Waals surface area contributed by atoms with E-state index < -0.39 is 5.97 Å². The Morgan fingerprint density at radius 3 is 2.73 bits per heavy atom. The zero-order valence-corrected chi connectivity index (χ0v) is 18.0. The van der Waals surface area contributed by atoms with Crippen LogP contribution in [0.15, 0.2) is 40.3 Å². The lowest BCUT2D eigenvalue weighted by Crippen LogP contribution is -2.29. The topological polar surface area (TPSA) is 81.8 Å². The third-order valence-corrected chi connectivity index (χ3v) is 5.39. The average Bonchev–Trinajstić information content (AvgIpc) is 3.10. The minimum atomic E-state index is -0.911. The Balaban J connectivity index is 1.53. The number of hydrogen-bond donors (Lipinski definition) is 1. The molecule has 1 aromatic heterocycles. The number of rotatable bonds is 9. The van der Waals surface area contributed by atoms with Crippen LogP contribution >= 0.6 is 0 Å². The van der Waals surface area contributed by atoms with Crippen LogP contribution in [0.1, 0.15) is 56.0 Å². The maximum atomic E-state index is 11.3. The number of oxazole rings is 1. The van der Waals surface area contributed by atoms with E-state index in [-0.39, 0.29) is 18.8 Å². The molecule has 0 spiro atoms. The van der Waals surface area contributed by atoms with Crippen molar-refractivity contribution in [1.82, 2.24) is 4.98 Å². The molecular formula is C24H31NO5. The quantitative estimate of drug-likeness (QED) is 0.567. The smallest absolute Gasteiger partial charge is 0.333 e. The molecule has 1 aliphatic carbocycles. The Morgan fingerprint density at radius 2 is 2.03 bits per heavy atom. The number of ether oxygens (including phenoxy) is 2. The zero-order chi connectivity index (χ0) is 21.5. The van der Waals surface area contributed by atoms with Crippen molar-refractivity contribution >= 4 is 5.97 Å². The predicted molar refractivity (Wildman–Crippen MR) is 114 cm³/mol. The summed E-state index contributed by atoms with van der Waals surface area (Å²) in [4.78, 5) is 15.9. The Hall–Kier alpha value is -2.44. The van der Waals surface area contributed by atoms with E-state index in [0.29, 0.717) is 24.5 Å². The molecule has 0 radical (unpaired) electrons. The normalized spacial score (nSPS) is 19.8. The van der Waals surface area contributed by atoms with E-state index in [4.69, 9.17) is 13.9 Å². The molecule has 1 fully saturated rings. The summed E-state index contributed by atoms with van der Waals surface area (Å²) in [6, 6.07) is 8.08. The molecule has 6 nitrogen and oxygen atoms in total. The highest BCUT2D eigenvalue weighted by molar-refractivity contribution is 5.86. The van der Waals surface area contributed by atoms with Gasteiger partial charge in [0.25, 0.3) is 0 Å². The maximum Gasteiger partial charge on any atom is 0.333 e. The summed E-state index contributed by atoms with van der Waals surface area (Å²) >= 11 is 0. The lowest BCUT2D eigenvalue weighted by molar-refractivity contribution is -0.133. The number of aliphatic carboxylic acids is 1. The monoisotopic (exact) mass is 413 g/mol. The van der Waals surface area contributed by atoms with Crippen LogP contribution in [-0.4, -0.2) is 34.9 Å². The van der Waals surface area contributed by atoms with Gasteiger partial charge in [0.1, 0.15) is 11.5 Å². The molecule has 6 heteroatoms. The fourth-order valence-electron chi connectivity index (χ4n) is 3.73. The second-order valence-corrected chi connectivity index (χ2v) is 7.87. The summed E-state index contributed by atoms with van der Waals surface area (Å²) in [5.74, 6) is 0.473. The van der Waals surface area contributed by atoms with Crippen LogP contribution < -0.4 is 0 Å². The van der Waals surface area contributed by atoms with E-state index >= 15 is 0 Å². The van der Waals surface area contributed by atoms with Gasteiger partial charge in [0.2, 0.25) is 5.89 Å². The first-order chi connectivity index (χ1) is 14.5. The van der Waals surface area contributed by atoms with Gasteiger partial charge in [0.15, 0.2) is 0 Å². The standard InChI is InChI=1S/C24H31NO5/c1-4-7-19(24(26)27)14-28-20-10-6-11-21(13-20)29-15-22-17(3)30-23(25-22)18-9-5-8-16(2)12-18/h5,7-9,12,20-21H,4,6,10-11,13-15H2,1-3H3,(H,26,27)/t20-,21+/m1/s1. The molecule has 162 valence electrons. The fourth-order valence-corrected chi connectivity index (χ4v) is 3.73. The SMILES string of the molecule is CCC=C(CO[C@@H]1CCC[C@H](OCc2nc(-c3cccc(C)c3)oc2C)C1)C(=O)O. The van der Waals surface area contributed by atoms with E-state index in [0.717, 1.165) is 48.3 Å². The van der Waals surface area contributed by atoms with Crippen LogP contribution in [0.5, 0.6) is 0 Å². The molecule has 1 N–H and O–H groups in total. The molecule has 1 aromatic carbocycles. The van der Waals surface area contributed by atoms with Crippen LogP contribution in [0.3, 0.4) is 0 Å². The predicted octanol–water partition coefficient (Wildman–Crippen LogP) is 5.22. The largest absolute Gasteiger partial charge is 0.478 e. The van der Waals surface area contributed by atoms with E-state index in [1.54, 1.807) is 6.08 Å². The van der Waals surface area contributed by atoms with Gasteiger partial charge in [-0.1, -0.05) is 30.7 Å². The van der Waals surface area contributed by atoms with Crippen molar-refractivity contribution in [2.45, 2.75) is 71.7 Å². The molecule has 30 heavy (non-hydrogen) atoms. The summed E-state index contributed by atoms with van der Waals surface area (Å²) in [6.45, 7) is 6.41. The van der Waals surface area contributed by atoms with Gasteiger partial charge >= 0.3 is 5.97 Å². The summed E-state index contributed by atoms with van der Waals surface area (Å²) in [7, 11) is 0. The number of aromatic nitrogens is 1. The van der Waals surface area contributed by atoms with Gasteiger partial charge in [0.05, 0.1) is 31.0 Å². The van der Waals surface area contributed by atoms with Crippen LogP contribution in [-0.2, 0) is 20.9 Å². The Labute approximate surface area is 177 Å². The fraction of sp³-hybridized carbons (Fsp3) is 0.500. The van der Waals surface area contributed by atoms with Crippen molar-refractivity contribution in [1.29, 1.82) is 0 Å². The second-order valence-electron chi connectivity index (χ2n) is 7.87. The first-order valence-corrected chi connectivity index (χ1v) is 10.6. The van der Waals surface area contributed by atoms with Crippen molar-refractivity contribution in [3.8, 4) is 11.5 Å². The molecule has 2 aromatic rings. The zero-order valence-electron chi connectivity index (χ0n) is 18.0. The third kappa shape index (κ3) is 6.03. The van der Waals surface area contributed by atoms with Gasteiger partial charge in [-0.15, -0.1) is 0 Å². The first-order valence-electron chi connectivity index (χ1n) is 10.6. The van der Waals surface area contributed by atoms with Gasteiger partial charge in [0, 0.05) is 5.56 Å². The number of carboxylic acid groups (broad SMARTS) is 1. The highest BCUT2D eigenvalue weighted by Crippen LogP contribution is 2.27. The summed E-state index contributed by atoms with van der Waals surface area (Å²) in [5.41, 5.74) is 3.26. The van der Waals surface area contributed by atoms with Crippen LogP contribution in [0.25, 0.3) is 11.5 Å². The summed E-state index contributed by atoms with van der Waals surface area (Å²) < 4.78 is 17.8. The van der Waals surface area contributed by atoms with E-state index in [1.807, 2.05) is 39.0 Å². The first kappa shape index (κ1) is 22.2. The van der Waals surface area contributed by atoms with Gasteiger partial charge in [-0.2, -0.15) is 0 Å². The van der Waals surface area contributed by atoms with Crippen LogP contribution in [0.4, 0.5) is 0 Å².